The van der Waals surface area contributed by atoms with E-state index in [1.807, 2.05) is 60.7 Å². The molecule has 0 saturated carbocycles. The third-order valence-corrected chi connectivity index (χ3v) is 3.21. The van der Waals surface area contributed by atoms with Crippen LogP contribution in [0.1, 0.15) is 5.76 Å². The Morgan fingerprint density at radius 2 is 1.67 bits per heavy atom. The fraction of sp³-hybridized carbons (Fsp3) is 0. The predicted octanol–water partition coefficient (Wildman–Crippen LogP) is 4.53. The van der Waals surface area contributed by atoms with E-state index in [1.165, 1.54) is 6.08 Å². The third kappa shape index (κ3) is 2.41. The number of allylic oxidation sites excluding steroid dienone is 1. The summed E-state index contributed by atoms with van der Waals surface area (Å²) in [6.45, 7) is 0. The van der Waals surface area contributed by atoms with Crippen molar-refractivity contribution in [3.05, 3.63) is 65.9 Å². The van der Waals surface area contributed by atoms with Gasteiger partial charge in [-0.2, -0.15) is 10.5 Å². The zero-order valence-corrected chi connectivity index (χ0v) is 11.1. The molecule has 21 heavy (non-hydrogen) atoms. The van der Waals surface area contributed by atoms with Crippen molar-refractivity contribution in [1.29, 1.82) is 10.5 Å². The van der Waals surface area contributed by atoms with Crippen LogP contribution >= 0.6 is 0 Å². The average Bonchev–Trinajstić information content (AvgIpc) is 3.00. The molecular weight excluding hydrogens is 260 g/mol. The van der Waals surface area contributed by atoms with Crippen LogP contribution < -0.4 is 0 Å². The Balaban J connectivity index is 2.10. The van der Waals surface area contributed by atoms with Gasteiger partial charge in [-0.1, -0.05) is 42.5 Å². The van der Waals surface area contributed by atoms with Gasteiger partial charge in [-0.25, -0.2) is 0 Å². The highest BCUT2D eigenvalue weighted by Crippen LogP contribution is 2.30. The van der Waals surface area contributed by atoms with E-state index >= 15 is 0 Å². The number of rotatable bonds is 2. The minimum absolute atomic E-state index is 0.0221. The van der Waals surface area contributed by atoms with Crippen LogP contribution in [0.3, 0.4) is 0 Å². The summed E-state index contributed by atoms with van der Waals surface area (Å²) < 4.78 is 5.73. The standard InChI is InChI=1S/C18H10N2O/c19-11-13(12-20)10-15-8-9-18(21-15)17-7-3-5-14-4-1-2-6-16(14)17/h1-10H. The minimum atomic E-state index is 0.0221. The molecule has 0 radical (unpaired) electrons. The molecule has 3 nitrogen and oxygen atoms in total. The Kier molecular flexibility index (Phi) is 3.25. The van der Waals surface area contributed by atoms with Crippen molar-refractivity contribution in [3.8, 4) is 23.5 Å². The molecule has 1 heterocycles. The van der Waals surface area contributed by atoms with Crippen LogP contribution in [0.2, 0.25) is 0 Å². The van der Waals surface area contributed by atoms with Crippen LogP contribution in [0.4, 0.5) is 0 Å². The first-order chi connectivity index (χ1) is 10.3. The Morgan fingerprint density at radius 1 is 0.905 bits per heavy atom. The topological polar surface area (TPSA) is 60.7 Å². The molecule has 3 aromatic rings. The first-order valence-corrected chi connectivity index (χ1v) is 6.41. The Hall–Kier alpha value is -3.30. The average molecular weight is 270 g/mol. The second-order valence-electron chi connectivity index (χ2n) is 4.51. The quantitative estimate of drug-likeness (QED) is 0.643. The molecule has 0 bridgehead atoms. The Labute approximate surface area is 122 Å². The first kappa shape index (κ1) is 12.7. The van der Waals surface area contributed by atoms with Gasteiger partial charge in [0.25, 0.3) is 0 Å². The van der Waals surface area contributed by atoms with E-state index in [1.54, 1.807) is 6.07 Å². The minimum Gasteiger partial charge on any atom is -0.457 e. The highest BCUT2D eigenvalue weighted by Gasteiger charge is 2.07. The lowest BCUT2D eigenvalue weighted by Gasteiger charge is -2.03. The number of furan rings is 1. The van der Waals surface area contributed by atoms with Crippen LogP contribution in [0.15, 0.2) is 64.6 Å². The summed E-state index contributed by atoms with van der Waals surface area (Å²) in [5, 5.41) is 19.8. The Morgan fingerprint density at radius 3 is 2.48 bits per heavy atom. The molecule has 2 aromatic carbocycles. The summed E-state index contributed by atoms with van der Waals surface area (Å²) in [5.41, 5.74) is 1.01. The highest BCUT2D eigenvalue weighted by molar-refractivity contribution is 5.95. The summed E-state index contributed by atoms with van der Waals surface area (Å²) in [4.78, 5) is 0. The molecule has 3 rings (SSSR count). The summed E-state index contributed by atoms with van der Waals surface area (Å²) in [6.07, 6.45) is 1.44. The van der Waals surface area contributed by atoms with E-state index in [-0.39, 0.29) is 5.57 Å². The van der Waals surface area contributed by atoms with Crippen molar-refractivity contribution in [3.63, 3.8) is 0 Å². The van der Waals surface area contributed by atoms with Crippen LogP contribution in [0.25, 0.3) is 28.2 Å². The molecule has 0 amide bonds. The smallest absolute Gasteiger partial charge is 0.135 e. The van der Waals surface area contributed by atoms with Gasteiger partial charge in [-0.15, -0.1) is 0 Å². The van der Waals surface area contributed by atoms with Crippen LogP contribution in [0.5, 0.6) is 0 Å². The van der Waals surface area contributed by atoms with Crippen molar-refractivity contribution in [2.75, 3.05) is 0 Å². The predicted molar refractivity (Wildman–Crippen MR) is 80.9 cm³/mol. The van der Waals surface area contributed by atoms with Crippen molar-refractivity contribution >= 4 is 16.8 Å². The first-order valence-electron chi connectivity index (χ1n) is 6.41. The van der Waals surface area contributed by atoms with Gasteiger partial charge in [0.2, 0.25) is 0 Å². The van der Waals surface area contributed by atoms with Crippen molar-refractivity contribution in [2.24, 2.45) is 0 Å². The molecule has 0 N–H and O–H groups in total. The number of hydrogen-bond donors (Lipinski definition) is 0. The second-order valence-corrected chi connectivity index (χ2v) is 4.51. The van der Waals surface area contributed by atoms with Crippen LogP contribution in [0, 0.1) is 22.7 Å². The fourth-order valence-corrected chi connectivity index (χ4v) is 2.25. The van der Waals surface area contributed by atoms with E-state index in [0.29, 0.717) is 11.5 Å². The van der Waals surface area contributed by atoms with Crippen molar-refractivity contribution < 1.29 is 4.42 Å². The fourth-order valence-electron chi connectivity index (χ4n) is 2.25. The summed E-state index contributed by atoms with van der Waals surface area (Å²) in [6, 6.07) is 21.3. The van der Waals surface area contributed by atoms with Crippen molar-refractivity contribution in [2.45, 2.75) is 0 Å². The maximum Gasteiger partial charge on any atom is 0.135 e. The maximum absolute atomic E-state index is 8.77. The molecule has 3 heteroatoms. The Bertz CT molecular complexity index is 899. The van der Waals surface area contributed by atoms with Gasteiger partial charge in [0, 0.05) is 11.6 Å². The van der Waals surface area contributed by atoms with E-state index < -0.39 is 0 Å². The van der Waals surface area contributed by atoms with Gasteiger partial charge < -0.3 is 4.42 Å². The molecule has 0 saturated heterocycles. The lowest BCUT2D eigenvalue weighted by atomic mass is 10.0. The highest BCUT2D eigenvalue weighted by atomic mass is 16.3. The van der Waals surface area contributed by atoms with Crippen molar-refractivity contribution in [1.82, 2.24) is 0 Å². The zero-order chi connectivity index (χ0) is 14.7. The monoisotopic (exact) mass is 270 g/mol. The summed E-state index contributed by atoms with van der Waals surface area (Å²) >= 11 is 0. The molecule has 0 fully saturated rings. The number of fused-ring (bicyclic) bond motifs is 1. The van der Waals surface area contributed by atoms with E-state index in [0.717, 1.165) is 16.3 Å². The van der Waals surface area contributed by atoms with Gasteiger partial charge in [0.05, 0.1) is 0 Å². The molecule has 1 aromatic heterocycles. The van der Waals surface area contributed by atoms with E-state index in [4.69, 9.17) is 14.9 Å². The molecule has 98 valence electrons. The zero-order valence-electron chi connectivity index (χ0n) is 11.1. The number of nitriles is 2. The number of benzene rings is 2. The summed E-state index contributed by atoms with van der Waals surface area (Å²) in [5.74, 6) is 1.21. The van der Waals surface area contributed by atoms with E-state index in [9.17, 15) is 0 Å². The summed E-state index contributed by atoms with van der Waals surface area (Å²) in [7, 11) is 0. The van der Waals surface area contributed by atoms with Gasteiger partial charge in [0.1, 0.15) is 29.2 Å². The number of hydrogen-bond acceptors (Lipinski definition) is 3. The molecule has 0 aliphatic carbocycles. The normalized spacial score (nSPS) is 9.81. The SMILES string of the molecule is N#CC(C#N)=Cc1ccc(-c2cccc3ccccc23)o1. The largest absolute Gasteiger partial charge is 0.457 e. The van der Waals surface area contributed by atoms with Gasteiger partial charge in [-0.05, 0) is 22.9 Å². The third-order valence-electron chi connectivity index (χ3n) is 3.21. The van der Waals surface area contributed by atoms with Crippen LogP contribution in [-0.4, -0.2) is 0 Å². The molecular formula is C18H10N2O. The second kappa shape index (κ2) is 5.36. The van der Waals surface area contributed by atoms with Gasteiger partial charge >= 0.3 is 0 Å². The maximum atomic E-state index is 8.77. The van der Waals surface area contributed by atoms with Gasteiger partial charge in [-0.3, -0.25) is 0 Å². The lowest BCUT2D eigenvalue weighted by Crippen LogP contribution is -1.78. The molecule has 0 atom stereocenters. The molecule has 0 aliphatic rings. The van der Waals surface area contributed by atoms with Gasteiger partial charge in [0.15, 0.2) is 0 Å². The lowest BCUT2D eigenvalue weighted by molar-refractivity contribution is 0.572. The van der Waals surface area contributed by atoms with E-state index in [2.05, 4.69) is 0 Å². The molecule has 0 unspecified atom stereocenters. The molecule has 0 aliphatic heterocycles. The molecule has 0 spiro atoms. The number of nitrogens with zero attached hydrogens (tertiary/aromatic N) is 2. The van der Waals surface area contributed by atoms with Crippen LogP contribution in [-0.2, 0) is 0 Å².